The predicted molar refractivity (Wildman–Crippen MR) is 114 cm³/mol. The normalized spacial score (nSPS) is 14.2. The maximum Gasteiger partial charge on any atom is 0.254 e. The summed E-state index contributed by atoms with van der Waals surface area (Å²) in [6.45, 7) is 2.49. The molecule has 0 atom stereocenters. The number of amides is 1. The summed E-state index contributed by atoms with van der Waals surface area (Å²) < 4.78 is 0. The molecule has 9 heteroatoms. The minimum atomic E-state index is -0.143. The van der Waals surface area contributed by atoms with Crippen LogP contribution in [0.4, 0.5) is 5.82 Å². The zero-order valence-corrected chi connectivity index (χ0v) is 17.8. The molecule has 28 heavy (non-hydrogen) atoms. The van der Waals surface area contributed by atoms with Gasteiger partial charge < -0.3 is 14.7 Å². The first-order chi connectivity index (χ1) is 13.3. The number of aromatic nitrogens is 1. The van der Waals surface area contributed by atoms with Gasteiger partial charge in [0.2, 0.25) is 0 Å². The molecule has 148 valence electrons. The first kappa shape index (κ1) is 20.7. The monoisotopic (exact) mass is 439 g/mol. The zero-order chi connectivity index (χ0) is 20.4. The second-order valence-corrected chi connectivity index (χ2v) is 7.87. The molecule has 1 N–H and O–H groups in total. The van der Waals surface area contributed by atoms with Gasteiger partial charge in [0.15, 0.2) is 0 Å². The summed E-state index contributed by atoms with van der Waals surface area (Å²) in [6, 6.07) is 6.86. The van der Waals surface area contributed by atoms with E-state index in [0.717, 1.165) is 0 Å². The molecule has 1 amide bonds. The van der Waals surface area contributed by atoms with Crippen molar-refractivity contribution >= 4 is 52.4 Å². The molecule has 2 heterocycles. The first-order valence-electron chi connectivity index (χ1n) is 8.69. The Bertz CT molecular complexity index is 890. The number of hydrogen-bond acceptors (Lipinski definition) is 4. The van der Waals surface area contributed by atoms with Gasteiger partial charge in [0.05, 0.1) is 26.2 Å². The Morgan fingerprint density at radius 2 is 1.68 bits per heavy atom. The predicted octanol–water partition coefficient (Wildman–Crippen LogP) is 3.89. The van der Waals surface area contributed by atoms with Crippen LogP contribution in [0.3, 0.4) is 0 Å². The van der Waals surface area contributed by atoms with E-state index in [1.807, 2.05) is 9.80 Å². The maximum atomic E-state index is 12.1. The van der Waals surface area contributed by atoms with Crippen molar-refractivity contribution in [2.45, 2.75) is 0 Å². The third-order valence-electron chi connectivity index (χ3n) is 4.57. The van der Waals surface area contributed by atoms with Crippen molar-refractivity contribution in [3.8, 4) is 0 Å². The SMILES string of the molecule is CN(C)C(=O)c1cnc(N2CCN(C(=N)c3c(Cl)cccc3Cl)CC2)c(Cl)c1. The zero-order valence-electron chi connectivity index (χ0n) is 15.5. The fourth-order valence-corrected chi connectivity index (χ4v) is 3.92. The van der Waals surface area contributed by atoms with E-state index in [2.05, 4.69) is 4.98 Å². The van der Waals surface area contributed by atoms with Gasteiger partial charge >= 0.3 is 0 Å². The smallest absolute Gasteiger partial charge is 0.254 e. The number of carbonyl (C=O) groups excluding carboxylic acids is 1. The van der Waals surface area contributed by atoms with Crippen molar-refractivity contribution in [3.63, 3.8) is 0 Å². The topological polar surface area (TPSA) is 63.5 Å². The summed E-state index contributed by atoms with van der Waals surface area (Å²) in [5.41, 5.74) is 0.995. The molecule has 6 nitrogen and oxygen atoms in total. The maximum absolute atomic E-state index is 12.1. The van der Waals surface area contributed by atoms with E-state index in [1.54, 1.807) is 44.6 Å². The summed E-state index contributed by atoms with van der Waals surface area (Å²) in [5.74, 6) is 0.802. The van der Waals surface area contributed by atoms with Crippen LogP contribution >= 0.6 is 34.8 Å². The Hall–Kier alpha value is -2.02. The molecule has 3 rings (SSSR count). The second kappa shape index (κ2) is 8.55. The Kier molecular flexibility index (Phi) is 6.33. The lowest BCUT2D eigenvalue weighted by molar-refractivity contribution is 0.0827. The number of hydrogen-bond donors (Lipinski definition) is 1. The van der Waals surface area contributed by atoms with Crippen LogP contribution in [0.1, 0.15) is 15.9 Å². The van der Waals surface area contributed by atoms with Gasteiger partial charge in [-0.1, -0.05) is 40.9 Å². The molecule has 1 aromatic heterocycles. The Labute approximate surface area is 179 Å². The van der Waals surface area contributed by atoms with Gasteiger partial charge in [-0.2, -0.15) is 0 Å². The Morgan fingerprint density at radius 3 is 2.21 bits per heavy atom. The van der Waals surface area contributed by atoms with Crippen LogP contribution in [0.5, 0.6) is 0 Å². The van der Waals surface area contributed by atoms with Crippen LogP contribution < -0.4 is 4.90 Å². The van der Waals surface area contributed by atoms with E-state index in [-0.39, 0.29) is 5.91 Å². The average Bonchev–Trinajstić information content (AvgIpc) is 2.67. The van der Waals surface area contributed by atoms with Gasteiger partial charge in [-0.15, -0.1) is 0 Å². The van der Waals surface area contributed by atoms with Gasteiger partial charge in [0.25, 0.3) is 5.91 Å². The van der Waals surface area contributed by atoms with Gasteiger partial charge in [-0.05, 0) is 18.2 Å². The fraction of sp³-hybridized carbons (Fsp3) is 0.316. The number of benzene rings is 1. The number of nitrogens with zero attached hydrogens (tertiary/aromatic N) is 4. The van der Waals surface area contributed by atoms with Gasteiger partial charge in [0, 0.05) is 46.5 Å². The quantitative estimate of drug-likeness (QED) is 0.581. The highest BCUT2D eigenvalue weighted by Crippen LogP contribution is 2.28. The number of pyridine rings is 1. The van der Waals surface area contributed by atoms with Crippen LogP contribution in [0.15, 0.2) is 30.5 Å². The Morgan fingerprint density at radius 1 is 1.07 bits per heavy atom. The summed E-state index contributed by atoms with van der Waals surface area (Å²) in [4.78, 5) is 21.9. The van der Waals surface area contributed by atoms with E-state index in [0.29, 0.717) is 64.0 Å². The minimum Gasteiger partial charge on any atom is -0.353 e. The van der Waals surface area contributed by atoms with Crippen molar-refractivity contribution in [1.82, 2.24) is 14.8 Å². The third-order valence-corrected chi connectivity index (χ3v) is 5.48. The van der Waals surface area contributed by atoms with Crippen molar-refractivity contribution in [2.75, 3.05) is 45.2 Å². The van der Waals surface area contributed by atoms with E-state index in [4.69, 9.17) is 40.2 Å². The molecule has 0 spiro atoms. The van der Waals surface area contributed by atoms with Crippen LogP contribution in [0.2, 0.25) is 15.1 Å². The van der Waals surface area contributed by atoms with Gasteiger partial charge in [-0.25, -0.2) is 4.98 Å². The van der Waals surface area contributed by atoms with E-state index in [9.17, 15) is 4.79 Å². The lowest BCUT2D eigenvalue weighted by Gasteiger charge is -2.37. The minimum absolute atomic E-state index is 0.143. The summed E-state index contributed by atoms with van der Waals surface area (Å²) in [5, 5.41) is 9.85. The molecule has 0 saturated carbocycles. The molecule has 0 radical (unpaired) electrons. The highest BCUT2D eigenvalue weighted by molar-refractivity contribution is 6.39. The largest absolute Gasteiger partial charge is 0.353 e. The number of anilines is 1. The van der Waals surface area contributed by atoms with Crippen molar-refractivity contribution in [1.29, 1.82) is 5.41 Å². The number of rotatable bonds is 3. The second-order valence-electron chi connectivity index (χ2n) is 6.65. The first-order valence-corrected chi connectivity index (χ1v) is 9.83. The van der Waals surface area contributed by atoms with E-state index >= 15 is 0 Å². The number of halogens is 3. The van der Waals surface area contributed by atoms with Gasteiger partial charge in [-0.3, -0.25) is 10.2 Å². The molecule has 1 saturated heterocycles. The summed E-state index contributed by atoms with van der Waals surface area (Å²) in [7, 11) is 3.37. The molecule has 0 unspecified atom stereocenters. The molecule has 0 aliphatic carbocycles. The van der Waals surface area contributed by atoms with Crippen LogP contribution in [0, 0.1) is 5.41 Å². The molecule has 1 fully saturated rings. The van der Waals surface area contributed by atoms with Crippen LogP contribution in [0.25, 0.3) is 0 Å². The number of nitrogens with one attached hydrogen (secondary N) is 1. The lowest BCUT2D eigenvalue weighted by atomic mass is 10.1. The van der Waals surface area contributed by atoms with E-state index in [1.165, 1.54) is 4.90 Å². The van der Waals surface area contributed by atoms with Gasteiger partial charge in [0.1, 0.15) is 11.7 Å². The van der Waals surface area contributed by atoms with Crippen molar-refractivity contribution < 1.29 is 4.79 Å². The van der Waals surface area contributed by atoms with E-state index < -0.39 is 0 Å². The standard InChI is InChI=1S/C19H20Cl3N5O/c1-25(2)19(28)12-10-15(22)18(24-11-12)27-8-6-26(7-9-27)17(23)16-13(20)4-3-5-14(16)21/h3-5,10-11,23H,6-9H2,1-2H3. The number of carbonyl (C=O) groups is 1. The van der Waals surface area contributed by atoms with Crippen LogP contribution in [-0.2, 0) is 0 Å². The molecule has 1 aliphatic heterocycles. The Balaban J connectivity index is 1.70. The third kappa shape index (κ3) is 4.19. The highest BCUT2D eigenvalue weighted by Gasteiger charge is 2.25. The lowest BCUT2D eigenvalue weighted by Crippen LogP contribution is -2.49. The van der Waals surface area contributed by atoms with Crippen molar-refractivity contribution in [3.05, 3.63) is 56.7 Å². The average molecular weight is 441 g/mol. The number of piperazine rings is 1. The van der Waals surface area contributed by atoms with Crippen LogP contribution in [-0.4, -0.2) is 66.8 Å². The summed E-state index contributed by atoms with van der Waals surface area (Å²) >= 11 is 18.8. The highest BCUT2D eigenvalue weighted by atomic mass is 35.5. The fourth-order valence-electron chi connectivity index (χ4n) is 3.06. The molecule has 0 bridgehead atoms. The molecular formula is C19H20Cl3N5O. The number of amidine groups is 1. The molecule has 1 aromatic carbocycles. The summed E-state index contributed by atoms with van der Waals surface area (Å²) in [6.07, 6.45) is 1.54. The molecule has 1 aliphatic rings. The molecule has 2 aromatic rings. The van der Waals surface area contributed by atoms with Crippen molar-refractivity contribution in [2.24, 2.45) is 0 Å². The molecular weight excluding hydrogens is 421 g/mol.